The number of para-hydroxylation sites is 2. The predicted octanol–water partition coefficient (Wildman–Crippen LogP) is -1.07. The molecule has 23 nitrogen and oxygen atoms in total. The number of hydrogen-bond donors (Lipinski definition) is 15. The Balaban J connectivity index is 1.17. The number of nitrogens with one attached hydrogen (secondary N) is 9. The van der Waals surface area contributed by atoms with E-state index in [4.69, 9.17) is 21.9 Å². The maximum absolute atomic E-state index is 14.9. The SMILES string of the molecule is C[C@@H](O)[C@H](NCC1NC(=O)[C@H](CO)NC(=O)[C@H]2NC(=O)[C@H](CC(N)=O)NC(=O)[C@@H](N)Cc3c[nH]c4c(cccc34)O[C@@H]2c2c[nH]c3cc(ccc23)[C@@H]1CCCN)C(=O)N[C@@H](Cc1c[nH]c2ccccc12)C(=O)O. The molecule has 8 bridgehead atoms. The van der Waals surface area contributed by atoms with Crippen LogP contribution in [0.1, 0.15) is 60.5 Å². The van der Waals surface area contributed by atoms with E-state index in [-0.39, 0.29) is 31.7 Å². The molecule has 0 fully saturated rings. The smallest absolute Gasteiger partial charge is 0.326 e. The van der Waals surface area contributed by atoms with Gasteiger partial charge in [-0.1, -0.05) is 42.5 Å². The number of aliphatic carboxylic acids is 1. The van der Waals surface area contributed by atoms with E-state index in [0.717, 1.165) is 10.9 Å². The quantitative estimate of drug-likeness (QED) is 0.0583. The van der Waals surface area contributed by atoms with Crippen LogP contribution in [0.4, 0.5) is 0 Å². The fraction of sp³-hybridized carbons (Fsp3) is 0.380. The number of carbonyl (C=O) groups excluding carboxylic acids is 6. The van der Waals surface area contributed by atoms with Crippen molar-refractivity contribution in [1.29, 1.82) is 0 Å². The van der Waals surface area contributed by atoms with Gasteiger partial charge in [0.2, 0.25) is 35.4 Å². The lowest BCUT2D eigenvalue weighted by molar-refractivity contribution is -0.142. The summed E-state index contributed by atoms with van der Waals surface area (Å²) in [7, 11) is 0. The highest BCUT2D eigenvalue weighted by atomic mass is 16.5. The van der Waals surface area contributed by atoms with Gasteiger partial charge in [-0.25, -0.2) is 4.79 Å². The molecular formula is C50H60N12O11. The van der Waals surface area contributed by atoms with Crippen LogP contribution in [0.5, 0.6) is 5.75 Å². The number of nitrogens with two attached hydrogens (primary N) is 3. The Labute approximate surface area is 417 Å². The third-order valence-corrected chi connectivity index (χ3v) is 13.6. The Morgan fingerprint density at radius 1 is 0.836 bits per heavy atom. The first-order valence-electron chi connectivity index (χ1n) is 24.0. The van der Waals surface area contributed by atoms with Gasteiger partial charge in [-0.2, -0.15) is 0 Å². The zero-order valence-corrected chi connectivity index (χ0v) is 39.8. The summed E-state index contributed by atoms with van der Waals surface area (Å²) < 4.78 is 6.78. The minimum Gasteiger partial charge on any atom is -0.481 e. The van der Waals surface area contributed by atoms with E-state index in [9.17, 15) is 48.9 Å². The number of carbonyl (C=O) groups is 7. The standard InChI is InChI=1S/C50H60N12O11/c1-23(64)41(48(69)59-36(50(71)72)16-26-18-54-33-9-3-2-6-28(26)33)57-21-37-27(8-5-13-51)24-11-12-30-31(20-55-34(30)15-24)44-43(49(70)61-38(22-63)47(68)60-37)62-46(67)35(17-40(53)65)58-45(66)32(52)14-25-19-56-42-29(25)7-4-10-39(42)73-44/h2-4,6-7,9-12,15,18-20,23,27,32,35-38,41,43-44,54-57,63-64H,5,8,13-14,16-17,21-22,51-52H2,1H3,(H2,53,65)(H,58,66)(H,59,69)(H,60,68)(H,61,70)(H,62,67)(H,71,72)/t23-,27+,32+,35+,36+,37?,38+,41+,43+,44-/m1/s1. The largest absolute Gasteiger partial charge is 0.481 e. The first-order valence-corrected chi connectivity index (χ1v) is 24.0. The number of aliphatic hydroxyl groups is 2. The van der Waals surface area contributed by atoms with Crippen molar-refractivity contribution in [2.45, 2.75) is 99.4 Å². The summed E-state index contributed by atoms with van der Waals surface area (Å²) in [5.41, 5.74) is 22.1. The van der Waals surface area contributed by atoms with Gasteiger partial charge in [-0.15, -0.1) is 0 Å². The zero-order chi connectivity index (χ0) is 52.1. The molecule has 386 valence electrons. The fourth-order valence-electron chi connectivity index (χ4n) is 9.77. The normalized spacial score (nSPS) is 23.1. The second-order valence-electron chi connectivity index (χ2n) is 18.6. The molecule has 6 amide bonds. The Kier molecular flexibility index (Phi) is 15.7. The van der Waals surface area contributed by atoms with E-state index in [1.165, 1.54) is 6.92 Å². The van der Waals surface area contributed by atoms with Gasteiger partial charge in [0, 0.05) is 76.3 Å². The lowest BCUT2D eigenvalue weighted by atomic mass is 9.85. The molecule has 0 saturated carbocycles. The Morgan fingerprint density at radius 2 is 1.58 bits per heavy atom. The number of aliphatic hydroxyl groups excluding tert-OH is 2. The van der Waals surface area contributed by atoms with Gasteiger partial charge in [0.1, 0.15) is 36.0 Å². The maximum atomic E-state index is 14.9. The monoisotopic (exact) mass is 1000 g/mol. The number of carboxylic acid groups (broad SMARTS) is 1. The number of hydrogen-bond acceptors (Lipinski definition) is 13. The van der Waals surface area contributed by atoms with Crippen LogP contribution >= 0.6 is 0 Å². The van der Waals surface area contributed by atoms with Gasteiger partial charge in [-0.3, -0.25) is 28.8 Å². The number of rotatable bonds is 15. The maximum Gasteiger partial charge on any atom is 0.326 e. The van der Waals surface area contributed by atoms with E-state index in [2.05, 4.69) is 46.9 Å². The predicted molar refractivity (Wildman–Crippen MR) is 266 cm³/mol. The zero-order valence-electron chi connectivity index (χ0n) is 39.8. The van der Waals surface area contributed by atoms with Crippen LogP contribution in [-0.2, 0) is 46.4 Å². The molecule has 3 aliphatic rings. The number of fused-ring (bicyclic) bond motifs is 8. The molecule has 0 spiro atoms. The third-order valence-electron chi connectivity index (χ3n) is 13.6. The van der Waals surface area contributed by atoms with Gasteiger partial charge in [0.25, 0.3) is 0 Å². The number of aromatic nitrogens is 3. The summed E-state index contributed by atoms with van der Waals surface area (Å²) in [6.45, 7) is 0.461. The molecule has 6 heterocycles. The highest BCUT2D eigenvalue weighted by Gasteiger charge is 2.41. The molecule has 18 N–H and O–H groups in total. The highest BCUT2D eigenvalue weighted by molar-refractivity contribution is 5.98. The Morgan fingerprint density at radius 3 is 2.32 bits per heavy atom. The van der Waals surface area contributed by atoms with Crippen molar-refractivity contribution in [2.75, 3.05) is 19.7 Å². The van der Waals surface area contributed by atoms with Gasteiger partial charge in [-0.05, 0) is 67.6 Å². The van der Waals surface area contributed by atoms with Gasteiger partial charge < -0.3 is 84.1 Å². The second kappa shape index (κ2) is 22.3. The topological polar surface area (TPSA) is 387 Å². The summed E-state index contributed by atoms with van der Waals surface area (Å²) in [6, 6.07) is 7.91. The Hall–Kier alpha value is -7.83. The van der Waals surface area contributed by atoms with Gasteiger partial charge in [0.05, 0.1) is 30.7 Å². The van der Waals surface area contributed by atoms with Crippen LogP contribution in [0.25, 0.3) is 32.7 Å². The lowest BCUT2D eigenvalue weighted by Crippen LogP contribution is -2.62. The molecule has 0 saturated heterocycles. The van der Waals surface area contributed by atoms with Crippen molar-refractivity contribution in [3.63, 3.8) is 0 Å². The molecule has 3 aromatic carbocycles. The van der Waals surface area contributed by atoms with Crippen molar-refractivity contribution >= 4 is 74.1 Å². The van der Waals surface area contributed by atoms with Crippen LogP contribution in [0.15, 0.2) is 79.3 Å². The summed E-state index contributed by atoms with van der Waals surface area (Å²) in [4.78, 5) is 106. The number of benzene rings is 3. The number of H-pyrrole nitrogens is 3. The number of carboxylic acids is 1. The summed E-state index contributed by atoms with van der Waals surface area (Å²) in [6.07, 6.45) is 2.28. The van der Waals surface area contributed by atoms with Crippen LogP contribution < -0.4 is 53.8 Å². The molecule has 23 heteroatoms. The van der Waals surface area contributed by atoms with Crippen molar-refractivity contribution in [3.05, 3.63) is 102 Å². The highest BCUT2D eigenvalue weighted by Crippen LogP contribution is 2.37. The van der Waals surface area contributed by atoms with E-state index in [0.29, 0.717) is 56.9 Å². The van der Waals surface area contributed by atoms with E-state index in [1.54, 1.807) is 42.9 Å². The molecule has 6 aromatic rings. The minimum atomic E-state index is -1.75. The van der Waals surface area contributed by atoms with Crippen molar-refractivity contribution < 1.29 is 53.6 Å². The number of ether oxygens (including phenoxy) is 1. The van der Waals surface area contributed by atoms with Crippen LogP contribution in [-0.4, -0.2) is 140 Å². The van der Waals surface area contributed by atoms with Crippen LogP contribution in [0.2, 0.25) is 0 Å². The second-order valence-corrected chi connectivity index (χ2v) is 18.6. The molecule has 3 aliphatic heterocycles. The number of aromatic amines is 3. The number of primary amides is 1. The number of amides is 6. The lowest BCUT2D eigenvalue weighted by Gasteiger charge is -2.34. The molecule has 1 unspecified atom stereocenters. The molecule has 0 aliphatic carbocycles. The first-order chi connectivity index (χ1) is 35.0. The molecule has 3 aromatic heterocycles. The van der Waals surface area contributed by atoms with Crippen LogP contribution in [0.3, 0.4) is 0 Å². The summed E-state index contributed by atoms with van der Waals surface area (Å²) >= 11 is 0. The summed E-state index contributed by atoms with van der Waals surface area (Å²) in [5, 5.41) is 50.3. The molecule has 10 atom stereocenters. The first kappa shape index (κ1) is 51.5. The van der Waals surface area contributed by atoms with E-state index in [1.807, 2.05) is 36.4 Å². The van der Waals surface area contributed by atoms with E-state index >= 15 is 0 Å². The van der Waals surface area contributed by atoms with Crippen LogP contribution in [0, 0.1) is 0 Å². The van der Waals surface area contributed by atoms with Gasteiger partial charge in [0.15, 0.2) is 6.10 Å². The fourth-order valence-corrected chi connectivity index (χ4v) is 9.77. The van der Waals surface area contributed by atoms with Crippen molar-refractivity contribution in [1.82, 2.24) is 46.9 Å². The summed E-state index contributed by atoms with van der Waals surface area (Å²) in [5.74, 6) is -7.13. The van der Waals surface area contributed by atoms with Crippen molar-refractivity contribution in [2.24, 2.45) is 17.2 Å². The average Bonchev–Trinajstić information content (AvgIpc) is 4.10. The molecule has 73 heavy (non-hydrogen) atoms. The third kappa shape index (κ3) is 11.3. The molecule has 0 radical (unpaired) electrons. The van der Waals surface area contributed by atoms with E-state index < -0.39 is 115 Å². The molecular weight excluding hydrogens is 945 g/mol. The molecule has 9 rings (SSSR count). The Bertz CT molecular complexity index is 3040. The average molecular weight is 1010 g/mol. The van der Waals surface area contributed by atoms with Crippen molar-refractivity contribution in [3.8, 4) is 5.75 Å². The van der Waals surface area contributed by atoms with Gasteiger partial charge >= 0.3 is 5.97 Å². The minimum absolute atomic E-state index is 0.0318.